The molecule has 0 radical (unpaired) electrons. The van der Waals surface area contributed by atoms with Crippen LogP contribution in [0.3, 0.4) is 0 Å². The number of aromatic nitrogens is 3. The lowest BCUT2D eigenvalue weighted by molar-refractivity contribution is -0.140. The number of rotatable bonds is 1. The standard InChI is InChI=1S/C13H12N4O/c1-8-9-5-13(6-9,12(18)16-8)17-7-15-10-3-2-4-14-11(10)17/h2-4,7,9H,1,5-6H2,(H,16,18). The number of nitrogens with one attached hydrogen (secondary N) is 1. The number of hydrogen-bond donors (Lipinski definition) is 1. The highest BCUT2D eigenvalue weighted by Crippen LogP contribution is 2.50. The summed E-state index contributed by atoms with van der Waals surface area (Å²) < 4.78 is 1.92. The van der Waals surface area contributed by atoms with E-state index in [-0.39, 0.29) is 5.91 Å². The van der Waals surface area contributed by atoms with Crippen LogP contribution < -0.4 is 5.32 Å². The molecule has 2 bridgehead atoms. The molecule has 5 nitrogen and oxygen atoms in total. The molecular formula is C13H12N4O. The second kappa shape index (κ2) is 2.98. The number of amides is 1. The van der Waals surface area contributed by atoms with Crippen molar-refractivity contribution in [1.29, 1.82) is 0 Å². The first-order valence-electron chi connectivity index (χ1n) is 5.99. The summed E-state index contributed by atoms with van der Waals surface area (Å²) in [4.78, 5) is 20.9. The van der Waals surface area contributed by atoms with Crippen molar-refractivity contribution in [1.82, 2.24) is 19.9 Å². The summed E-state index contributed by atoms with van der Waals surface area (Å²) in [6.07, 6.45) is 5.06. The molecule has 3 fully saturated rings. The molecule has 0 atom stereocenters. The van der Waals surface area contributed by atoms with Crippen LogP contribution in [0.15, 0.2) is 36.9 Å². The summed E-state index contributed by atoms with van der Waals surface area (Å²) in [6, 6.07) is 3.76. The van der Waals surface area contributed by atoms with E-state index in [9.17, 15) is 4.79 Å². The zero-order valence-corrected chi connectivity index (χ0v) is 9.76. The van der Waals surface area contributed by atoms with Gasteiger partial charge < -0.3 is 5.32 Å². The van der Waals surface area contributed by atoms with Crippen molar-refractivity contribution in [3.8, 4) is 0 Å². The van der Waals surface area contributed by atoms with Crippen LogP contribution in [0.1, 0.15) is 12.8 Å². The highest BCUT2D eigenvalue weighted by Gasteiger charge is 2.57. The molecule has 1 amide bonds. The zero-order chi connectivity index (χ0) is 12.3. The van der Waals surface area contributed by atoms with Gasteiger partial charge >= 0.3 is 0 Å². The van der Waals surface area contributed by atoms with Gasteiger partial charge in [-0.25, -0.2) is 9.97 Å². The van der Waals surface area contributed by atoms with E-state index in [4.69, 9.17) is 0 Å². The first kappa shape index (κ1) is 9.82. The van der Waals surface area contributed by atoms with Crippen LogP contribution in [-0.4, -0.2) is 20.4 Å². The highest BCUT2D eigenvalue weighted by molar-refractivity contribution is 5.91. The van der Waals surface area contributed by atoms with Gasteiger partial charge in [0.25, 0.3) is 5.91 Å². The molecule has 2 saturated heterocycles. The third kappa shape index (κ3) is 0.995. The van der Waals surface area contributed by atoms with Gasteiger partial charge in [-0.05, 0) is 25.0 Å². The van der Waals surface area contributed by atoms with E-state index in [0.717, 1.165) is 29.7 Å². The van der Waals surface area contributed by atoms with Gasteiger partial charge in [-0.2, -0.15) is 0 Å². The van der Waals surface area contributed by atoms with Crippen molar-refractivity contribution >= 4 is 17.1 Å². The molecule has 0 unspecified atom stereocenters. The van der Waals surface area contributed by atoms with Crippen molar-refractivity contribution in [2.24, 2.45) is 5.92 Å². The fourth-order valence-corrected chi connectivity index (χ4v) is 3.02. The molecule has 18 heavy (non-hydrogen) atoms. The van der Waals surface area contributed by atoms with Crippen molar-refractivity contribution in [2.45, 2.75) is 18.4 Å². The molecular weight excluding hydrogens is 228 g/mol. The number of piperidine rings is 2. The Hall–Kier alpha value is -2.17. The molecule has 0 aromatic carbocycles. The SMILES string of the molecule is C=C1NC(=O)C2(n3cnc4cccnc43)CC1C2. The van der Waals surface area contributed by atoms with Crippen LogP contribution >= 0.6 is 0 Å². The van der Waals surface area contributed by atoms with Crippen molar-refractivity contribution in [3.05, 3.63) is 36.9 Å². The summed E-state index contributed by atoms with van der Waals surface area (Å²) in [5.74, 6) is 0.406. The first-order valence-corrected chi connectivity index (χ1v) is 5.99. The molecule has 2 aliphatic heterocycles. The van der Waals surface area contributed by atoms with Crippen LogP contribution in [0, 0.1) is 5.92 Å². The molecule has 1 N–H and O–H groups in total. The minimum Gasteiger partial charge on any atom is -0.328 e. The normalized spacial score (nSPS) is 30.1. The fraction of sp³-hybridized carbons (Fsp3) is 0.308. The number of allylic oxidation sites excluding steroid dienone is 1. The van der Waals surface area contributed by atoms with Crippen LogP contribution in [0.25, 0.3) is 11.2 Å². The Morgan fingerprint density at radius 2 is 2.28 bits per heavy atom. The average Bonchev–Trinajstić information content (AvgIpc) is 2.71. The summed E-state index contributed by atoms with van der Waals surface area (Å²) >= 11 is 0. The Balaban J connectivity index is 1.89. The van der Waals surface area contributed by atoms with Gasteiger partial charge in [0, 0.05) is 17.8 Å². The van der Waals surface area contributed by atoms with Gasteiger partial charge in [0.15, 0.2) is 5.65 Å². The Kier molecular flexibility index (Phi) is 1.63. The summed E-state index contributed by atoms with van der Waals surface area (Å²) in [6.45, 7) is 3.89. The van der Waals surface area contributed by atoms with E-state index in [0.29, 0.717) is 5.92 Å². The van der Waals surface area contributed by atoms with E-state index in [1.807, 2.05) is 16.7 Å². The molecule has 3 aliphatic rings. The van der Waals surface area contributed by atoms with Crippen molar-refractivity contribution < 1.29 is 4.79 Å². The van der Waals surface area contributed by atoms with Gasteiger partial charge in [0.2, 0.25) is 0 Å². The maximum atomic E-state index is 12.3. The molecule has 1 aliphatic carbocycles. The quantitative estimate of drug-likeness (QED) is 0.814. The minimum atomic E-state index is -0.505. The fourth-order valence-electron chi connectivity index (χ4n) is 3.02. The van der Waals surface area contributed by atoms with Crippen LogP contribution in [0.5, 0.6) is 0 Å². The number of imidazole rings is 1. The minimum absolute atomic E-state index is 0.0138. The lowest BCUT2D eigenvalue weighted by Gasteiger charge is -2.52. The number of carbonyl (C=O) groups excluding carboxylic acids is 1. The third-order valence-corrected chi connectivity index (χ3v) is 4.13. The maximum Gasteiger partial charge on any atom is 0.250 e. The molecule has 1 saturated carbocycles. The van der Waals surface area contributed by atoms with Crippen molar-refractivity contribution in [3.63, 3.8) is 0 Å². The first-order chi connectivity index (χ1) is 8.71. The largest absolute Gasteiger partial charge is 0.328 e. The van der Waals surface area contributed by atoms with Gasteiger partial charge in [-0.1, -0.05) is 6.58 Å². The zero-order valence-electron chi connectivity index (χ0n) is 9.76. The summed E-state index contributed by atoms with van der Waals surface area (Å²) in [5.41, 5.74) is 1.94. The lowest BCUT2D eigenvalue weighted by atomic mass is 9.63. The average molecular weight is 240 g/mol. The maximum absolute atomic E-state index is 12.3. The van der Waals surface area contributed by atoms with Gasteiger partial charge in [-0.15, -0.1) is 0 Å². The van der Waals surface area contributed by atoms with E-state index in [1.165, 1.54) is 0 Å². The lowest BCUT2D eigenvalue weighted by Crippen LogP contribution is -2.63. The number of carbonyl (C=O) groups is 1. The predicted molar refractivity (Wildman–Crippen MR) is 65.5 cm³/mol. The van der Waals surface area contributed by atoms with Gasteiger partial charge in [0.1, 0.15) is 11.1 Å². The van der Waals surface area contributed by atoms with Crippen LogP contribution in [0.2, 0.25) is 0 Å². The molecule has 90 valence electrons. The van der Waals surface area contributed by atoms with Crippen LogP contribution in [-0.2, 0) is 10.3 Å². The highest BCUT2D eigenvalue weighted by atomic mass is 16.2. The summed E-state index contributed by atoms with van der Waals surface area (Å²) in [5, 5.41) is 2.86. The Morgan fingerprint density at radius 3 is 3.06 bits per heavy atom. The molecule has 4 heterocycles. The Bertz CT molecular complexity index is 681. The second-order valence-electron chi connectivity index (χ2n) is 5.08. The van der Waals surface area contributed by atoms with Gasteiger partial charge in [-0.3, -0.25) is 9.36 Å². The van der Waals surface area contributed by atoms with E-state index < -0.39 is 5.54 Å². The number of hydrogen-bond acceptors (Lipinski definition) is 3. The number of fused-ring (bicyclic) bond motifs is 3. The molecule has 0 spiro atoms. The van der Waals surface area contributed by atoms with Gasteiger partial charge in [0.05, 0.1) is 6.33 Å². The molecule has 5 heteroatoms. The predicted octanol–water partition coefficient (Wildman–Crippen LogP) is 1.18. The Labute approximate surface area is 104 Å². The summed E-state index contributed by atoms with van der Waals surface area (Å²) in [7, 11) is 0. The number of nitrogens with zero attached hydrogens (tertiary/aromatic N) is 3. The monoisotopic (exact) mass is 240 g/mol. The Morgan fingerprint density at radius 1 is 1.44 bits per heavy atom. The van der Waals surface area contributed by atoms with E-state index in [1.54, 1.807) is 12.5 Å². The van der Waals surface area contributed by atoms with Crippen molar-refractivity contribution in [2.75, 3.05) is 0 Å². The van der Waals surface area contributed by atoms with Crippen LogP contribution in [0.4, 0.5) is 0 Å². The second-order valence-corrected chi connectivity index (χ2v) is 5.08. The number of pyridine rings is 1. The molecule has 2 aromatic heterocycles. The topological polar surface area (TPSA) is 59.8 Å². The van der Waals surface area contributed by atoms with E-state index >= 15 is 0 Å². The molecule has 5 rings (SSSR count). The third-order valence-electron chi connectivity index (χ3n) is 4.13. The smallest absolute Gasteiger partial charge is 0.250 e. The molecule has 2 aromatic rings. The van der Waals surface area contributed by atoms with E-state index in [2.05, 4.69) is 21.9 Å².